The number of rotatable bonds is 7. The summed E-state index contributed by atoms with van der Waals surface area (Å²) in [6.07, 6.45) is 0.633. The number of benzene rings is 1. The Kier molecular flexibility index (Phi) is 6.82. The molecule has 4 rings (SSSR count). The molecule has 0 bridgehead atoms. The van der Waals surface area contributed by atoms with Gasteiger partial charge in [0.05, 0.1) is 22.8 Å². The maximum absolute atomic E-state index is 13.2. The minimum atomic E-state index is -2.38. The molecule has 3 heterocycles. The van der Waals surface area contributed by atoms with Crippen LogP contribution in [0, 0.1) is 5.92 Å². The van der Waals surface area contributed by atoms with Crippen molar-refractivity contribution in [1.29, 1.82) is 0 Å². The molecule has 1 atom stereocenters. The van der Waals surface area contributed by atoms with Crippen molar-refractivity contribution in [2.24, 2.45) is 13.0 Å². The number of aryl methyl sites for hydroxylation is 2. The lowest BCUT2D eigenvalue weighted by molar-refractivity contribution is 0.0661. The lowest BCUT2D eigenvalue weighted by Gasteiger charge is -2.32. The number of piperidine rings is 1. The summed E-state index contributed by atoms with van der Waals surface area (Å²) in [5.74, 6) is -0.00260. The molecule has 1 fully saturated rings. The molecule has 3 aromatic rings. The topological polar surface area (TPSA) is 88.2 Å². The molecule has 184 valence electrons. The number of hydrogen-bond donors (Lipinski definition) is 2. The van der Waals surface area contributed by atoms with E-state index >= 15 is 0 Å². The molecule has 0 radical (unpaired) electrons. The van der Waals surface area contributed by atoms with Gasteiger partial charge in [-0.1, -0.05) is 11.6 Å². The molecular weight excluding hydrogens is 466 g/mol. The zero-order valence-electron chi connectivity index (χ0n) is 19.4. The molecule has 0 spiro atoms. The number of imidazole rings is 1. The maximum Gasteiger partial charge on any atom is 0.328 e. The van der Waals surface area contributed by atoms with E-state index in [4.69, 9.17) is 11.6 Å². The first-order chi connectivity index (χ1) is 16.0. The molecule has 2 aromatic heterocycles. The molecule has 0 amide bonds. The van der Waals surface area contributed by atoms with Crippen molar-refractivity contribution in [3.8, 4) is 0 Å². The van der Waals surface area contributed by atoms with Crippen LogP contribution in [0.4, 0.5) is 26.2 Å². The van der Waals surface area contributed by atoms with Gasteiger partial charge >= 0.3 is 5.69 Å². The van der Waals surface area contributed by atoms with Gasteiger partial charge in [0.25, 0.3) is 0 Å². The first-order valence-corrected chi connectivity index (χ1v) is 11.7. The quantitative estimate of drug-likeness (QED) is 0.512. The van der Waals surface area contributed by atoms with Crippen LogP contribution in [0.5, 0.6) is 0 Å². The van der Waals surface area contributed by atoms with Crippen LogP contribution in [0.25, 0.3) is 11.0 Å². The van der Waals surface area contributed by atoms with Crippen molar-refractivity contribution in [2.45, 2.75) is 51.7 Å². The molecule has 11 heteroatoms. The summed E-state index contributed by atoms with van der Waals surface area (Å²) in [5.41, 5.74) is 1.05. The molecule has 34 heavy (non-hydrogen) atoms. The first-order valence-electron chi connectivity index (χ1n) is 11.3. The highest BCUT2D eigenvalue weighted by molar-refractivity contribution is 6.32. The predicted molar refractivity (Wildman–Crippen MR) is 129 cm³/mol. The van der Waals surface area contributed by atoms with Crippen molar-refractivity contribution < 1.29 is 13.9 Å². The van der Waals surface area contributed by atoms with Gasteiger partial charge < -0.3 is 15.3 Å². The second-order valence-electron chi connectivity index (χ2n) is 9.43. The summed E-state index contributed by atoms with van der Waals surface area (Å²) in [6, 6.07) is 5.47. The predicted octanol–water partition coefficient (Wildman–Crippen LogP) is 4.17. The van der Waals surface area contributed by atoms with Crippen molar-refractivity contribution >= 4 is 40.1 Å². The fraction of sp³-hybridized carbons (Fsp3) is 0.522. The van der Waals surface area contributed by atoms with Gasteiger partial charge in [-0.05, 0) is 51.3 Å². The van der Waals surface area contributed by atoms with E-state index in [0.29, 0.717) is 60.3 Å². The molecule has 8 nitrogen and oxygen atoms in total. The van der Waals surface area contributed by atoms with E-state index in [9.17, 15) is 18.7 Å². The first kappa shape index (κ1) is 24.4. The van der Waals surface area contributed by atoms with Gasteiger partial charge in [-0.3, -0.25) is 9.13 Å². The van der Waals surface area contributed by atoms with Gasteiger partial charge in [-0.15, -0.1) is 0 Å². The van der Waals surface area contributed by atoms with Crippen LogP contribution in [0.3, 0.4) is 0 Å². The minimum Gasteiger partial charge on any atom is -0.390 e. The summed E-state index contributed by atoms with van der Waals surface area (Å²) in [6.45, 7) is 4.57. The Hall–Kier alpha value is -2.72. The Morgan fingerprint density at radius 3 is 2.79 bits per heavy atom. The van der Waals surface area contributed by atoms with E-state index in [1.807, 2.05) is 18.2 Å². The average molecular weight is 495 g/mol. The normalized spacial score (nSPS) is 17.1. The van der Waals surface area contributed by atoms with Gasteiger partial charge in [0.2, 0.25) is 12.4 Å². The molecule has 0 aliphatic carbocycles. The summed E-state index contributed by atoms with van der Waals surface area (Å²) < 4.78 is 29.6. The van der Waals surface area contributed by atoms with Gasteiger partial charge in [0.15, 0.2) is 5.82 Å². The number of nitrogens with one attached hydrogen (secondary N) is 1. The van der Waals surface area contributed by atoms with E-state index in [-0.39, 0.29) is 12.2 Å². The smallest absolute Gasteiger partial charge is 0.328 e. The Labute approximate surface area is 201 Å². The number of nitrogens with zero attached hydrogens (tertiary/aromatic N) is 5. The number of halogens is 3. The Balaban J connectivity index is 1.62. The highest BCUT2D eigenvalue weighted by atomic mass is 35.5. The van der Waals surface area contributed by atoms with Crippen LogP contribution in [0.15, 0.2) is 29.2 Å². The highest BCUT2D eigenvalue weighted by Gasteiger charge is 2.28. The molecule has 1 aromatic carbocycles. The second kappa shape index (κ2) is 9.50. The van der Waals surface area contributed by atoms with Crippen LogP contribution in [-0.4, -0.2) is 49.3 Å². The van der Waals surface area contributed by atoms with E-state index in [1.165, 1.54) is 6.20 Å². The fourth-order valence-electron chi connectivity index (χ4n) is 4.22. The lowest BCUT2D eigenvalue weighted by Crippen LogP contribution is -2.39. The van der Waals surface area contributed by atoms with Crippen molar-refractivity contribution in [3.05, 3.63) is 39.9 Å². The van der Waals surface area contributed by atoms with E-state index in [0.717, 1.165) is 5.52 Å². The van der Waals surface area contributed by atoms with Gasteiger partial charge in [-0.25, -0.2) is 18.6 Å². The van der Waals surface area contributed by atoms with E-state index < -0.39 is 17.9 Å². The van der Waals surface area contributed by atoms with Crippen LogP contribution in [0.1, 0.15) is 33.1 Å². The molecule has 1 saturated heterocycles. The van der Waals surface area contributed by atoms with Crippen molar-refractivity contribution in [2.75, 3.05) is 23.3 Å². The molecular formula is C23H29ClF2N6O2. The molecule has 0 saturated carbocycles. The highest BCUT2D eigenvalue weighted by Crippen LogP contribution is 2.30. The monoisotopic (exact) mass is 494 g/mol. The SMILES string of the molecule is Cn1c(=O)n(CCC(C)(C)O)c2cc(Nc3nc(N4CCCC(C(F)F)C4)ncc3Cl)ccc21. The standard InChI is InChI=1S/C23H29ClF2N6O2/c1-23(2,34)8-10-32-18-11-15(6-7-17(18)30(3)22(32)33)28-20-16(24)12-27-21(29-20)31-9-4-5-14(13-31)19(25)26/h6-7,11-12,14,19,34H,4-5,8-10,13H2,1-3H3,(H,27,28,29). The molecule has 1 unspecified atom stereocenters. The zero-order chi connectivity index (χ0) is 24.6. The largest absolute Gasteiger partial charge is 0.390 e. The summed E-state index contributed by atoms with van der Waals surface area (Å²) in [7, 11) is 1.71. The van der Waals surface area contributed by atoms with Crippen LogP contribution in [0.2, 0.25) is 5.02 Å². The van der Waals surface area contributed by atoms with Gasteiger partial charge in [0.1, 0.15) is 5.02 Å². The lowest BCUT2D eigenvalue weighted by atomic mass is 9.99. The van der Waals surface area contributed by atoms with E-state index in [1.54, 1.807) is 34.9 Å². The average Bonchev–Trinajstić information content (AvgIpc) is 3.02. The van der Waals surface area contributed by atoms with Gasteiger partial charge in [-0.2, -0.15) is 4.98 Å². The maximum atomic E-state index is 13.2. The van der Waals surface area contributed by atoms with Crippen LogP contribution >= 0.6 is 11.6 Å². The number of fused-ring (bicyclic) bond motifs is 1. The summed E-state index contributed by atoms with van der Waals surface area (Å²) in [4.78, 5) is 23.3. The number of aromatic nitrogens is 4. The molecule has 2 N–H and O–H groups in total. The van der Waals surface area contributed by atoms with Crippen molar-refractivity contribution in [3.63, 3.8) is 0 Å². The minimum absolute atomic E-state index is 0.169. The van der Waals surface area contributed by atoms with Crippen LogP contribution < -0.4 is 15.9 Å². The summed E-state index contributed by atoms with van der Waals surface area (Å²) in [5, 5.41) is 13.6. The third-order valence-corrected chi connectivity index (χ3v) is 6.46. The van der Waals surface area contributed by atoms with Crippen molar-refractivity contribution in [1.82, 2.24) is 19.1 Å². The molecule has 1 aliphatic rings. The fourth-order valence-corrected chi connectivity index (χ4v) is 4.36. The number of anilines is 3. The third-order valence-electron chi connectivity index (χ3n) is 6.18. The second-order valence-corrected chi connectivity index (χ2v) is 9.84. The zero-order valence-corrected chi connectivity index (χ0v) is 20.2. The van der Waals surface area contributed by atoms with Crippen LogP contribution in [-0.2, 0) is 13.6 Å². The number of alkyl halides is 2. The summed E-state index contributed by atoms with van der Waals surface area (Å²) >= 11 is 6.33. The third kappa shape index (κ3) is 5.17. The van der Waals surface area contributed by atoms with E-state index in [2.05, 4.69) is 15.3 Å². The Bertz CT molecular complexity index is 1240. The Morgan fingerprint density at radius 1 is 1.32 bits per heavy atom. The number of hydrogen-bond acceptors (Lipinski definition) is 6. The van der Waals surface area contributed by atoms with Gasteiger partial charge in [0, 0.05) is 38.3 Å². The molecule has 1 aliphatic heterocycles. The Morgan fingerprint density at radius 2 is 2.09 bits per heavy atom. The number of aliphatic hydroxyl groups is 1.